The number of amides is 1. The normalized spacial score (nSPS) is 22.6. The summed E-state index contributed by atoms with van der Waals surface area (Å²) in [7, 11) is 0. The van der Waals surface area contributed by atoms with E-state index in [2.05, 4.69) is 20.4 Å². The summed E-state index contributed by atoms with van der Waals surface area (Å²) in [5.41, 5.74) is 0.944. The van der Waals surface area contributed by atoms with E-state index in [1.807, 2.05) is 30.3 Å². The number of rotatable bonds is 7. The summed E-state index contributed by atoms with van der Waals surface area (Å²) in [4.78, 5) is 19.3. The van der Waals surface area contributed by atoms with Crippen LogP contribution in [0, 0.1) is 5.92 Å². The van der Waals surface area contributed by atoms with Crippen LogP contribution in [-0.2, 0) is 11.2 Å². The van der Waals surface area contributed by atoms with E-state index in [-0.39, 0.29) is 5.91 Å². The lowest BCUT2D eigenvalue weighted by molar-refractivity contribution is -0.121. The van der Waals surface area contributed by atoms with Gasteiger partial charge in [-0.1, -0.05) is 41.9 Å². The van der Waals surface area contributed by atoms with Crippen molar-refractivity contribution in [3.05, 3.63) is 36.2 Å². The molecule has 1 N–H and O–H groups in total. The lowest BCUT2D eigenvalue weighted by Gasteiger charge is -2.44. The van der Waals surface area contributed by atoms with Crippen molar-refractivity contribution >= 4 is 5.91 Å². The van der Waals surface area contributed by atoms with E-state index in [4.69, 9.17) is 4.52 Å². The fraction of sp³-hybridized carbons (Fsp3) is 0.591. The van der Waals surface area contributed by atoms with Crippen molar-refractivity contribution in [3.63, 3.8) is 0 Å². The molecule has 6 nitrogen and oxygen atoms in total. The van der Waals surface area contributed by atoms with Gasteiger partial charge < -0.3 is 14.7 Å². The Bertz CT molecular complexity index is 759. The molecule has 0 unspecified atom stereocenters. The maximum Gasteiger partial charge on any atom is 0.226 e. The molecule has 2 aliphatic rings. The molecular weight excluding hydrogens is 352 g/mol. The van der Waals surface area contributed by atoms with Gasteiger partial charge in [0.15, 0.2) is 0 Å². The molecule has 3 heterocycles. The number of aryl methyl sites for hydroxylation is 1. The Morgan fingerprint density at radius 2 is 2.00 bits per heavy atom. The summed E-state index contributed by atoms with van der Waals surface area (Å²) >= 11 is 0. The first-order chi connectivity index (χ1) is 13.8. The Kier molecular flexibility index (Phi) is 6.37. The van der Waals surface area contributed by atoms with Crippen molar-refractivity contribution in [2.24, 2.45) is 5.92 Å². The summed E-state index contributed by atoms with van der Waals surface area (Å²) in [5.74, 6) is 1.95. The number of nitrogens with zero attached hydrogens (tertiary/aromatic N) is 3. The van der Waals surface area contributed by atoms with E-state index >= 15 is 0 Å². The Labute approximate surface area is 166 Å². The number of hydrogen-bond donors (Lipinski definition) is 1. The van der Waals surface area contributed by atoms with Crippen molar-refractivity contribution < 1.29 is 9.32 Å². The molecule has 6 heteroatoms. The summed E-state index contributed by atoms with van der Waals surface area (Å²) < 4.78 is 5.32. The number of fused-ring (bicyclic) bond motifs is 1. The Morgan fingerprint density at radius 1 is 1.14 bits per heavy atom. The molecule has 0 radical (unpaired) electrons. The third kappa shape index (κ3) is 4.79. The zero-order valence-electron chi connectivity index (χ0n) is 16.5. The number of carbonyl (C=O) groups is 1. The maximum absolute atomic E-state index is 12.3. The number of carbonyl (C=O) groups excluding carboxylic acids is 1. The van der Waals surface area contributed by atoms with Crippen LogP contribution in [0.5, 0.6) is 0 Å². The van der Waals surface area contributed by atoms with E-state index in [1.165, 1.54) is 45.2 Å². The van der Waals surface area contributed by atoms with Gasteiger partial charge in [-0.2, -0.15) is 4.98 Å². The molecule has 0 saturated carbocycles. The van der Waals surface area contributed by atoms with Crippen LogP contribution in [0.25, 0.3) is 11.4 Å². The molecule has 1 aromatic heterocycles. The van der Waals surface area contributed by atoms with Crippen LogP contribution in [0.2, 0.25) is 0 Å². The van der Waals surface area contributed by atoms with Gasteiger partial charge in [-0.15, -0.1) is 0 Å². The van der Waals surface area contributed by atoms with Crippen molar-refractivity contribution in [2.45, 2.75) is 57.4 Å². The van der Waals surface area contributed by atoms with Gasteiger partial charge in [0.25, 0.3) is 0 Å². The summed E-state index contributed by atoms with van der Waals surface area (Å²) in [6.07, 6.45) is 8.32. The average molecular weight is 383 g/mol. The second-order valence-electron chi connectivity index (χ2n) is 8.04. The fourth-order valence-electron chi connectivity index (χ4n) is 4.61. The molecule has 0 spiro atoms. The third-order valence-electron chi connectivity index (χ3n) is 6.08. The second-order valence-corrected chi connectivity index (χ2v) is 8.04. The SMILES string of the molecule is O=C(CCCc1nc(-c2ccccc2)no1)NC[C@H]1CCCN2CCCC[C@H]12. The Balaban J connectivity index is 1.18. The molecule has 28 heavy (non-hydrogen) atoms. The van der Waals surface area contributed by atoms with E-state index in [0.29, 0.717) is 36.5 Å². The number of nitrogens with one attached hydrogen (secondary N) is 1. The molecule has 1 amide bonds. The van der Waals surface area contributed by atoms with Crippen LogP contribution in [0.4, 0.5) is 0 Å². The van der Waals surface area contributed by atoms with Crippen molar-refractivity contribution in [3.8, 4) is 11.4 Å². The highest BCUT2D eigenvalue weighted by atomic mass is 16.5. The molecule has 150 valence electrons. The predicted octanol–water partition coefficient (Wildman–Crippen LogP) is 3.44. The fourth-order valence-corrected chi connectivity index (χ4v) is 4.61. The van der Waals surface area contributed by atoms with Crippen LogP contribution in [0.15, 0.2) is 34.9 Å². The quantitative estimate of drug-likeness (QED) is 0.794. The van der Waals surface area contributed by atoms with E-state index in [0.717, 1.165) is 18.5 Å². The third-order valence-corrected chi connectivity index (χ3v) is 6.08. The number of aromatic nitrogens is 2. The average Bonchev–Trinajstić information content (AvgIpc) is 3.22. The molecule has 2 saturated heterocycles. The van der Waals surface area contributed by atoms with Gasteiger partial charge in [-0.25, -0.2) is 0 Å². The summed E-state index contributed by atoms with van der Waals surface area (Å²) in [6, 6.07) is 10.5. The van der Waals surface area contributed by atoms with Crippen molar-refractivity contribution in [2.75, 3.05) is 19.6 Å². The summed E-state index contributed by atoms with van der Waals surface area (Å²) in [6.45, 7) is 3.30. The van der Waals surface area contributed by atoms with Gasteiger partial charge in [-0.3, -0.25) is 4.79 Å². The second kappa shape index (κ2) is 9.32. The van der Waals surface area contributed by atoms with Crippen LogP contribution < -0.4 is 5.32 Å². The molecule has 0 bridgehead atoms. The van der Waals surface area contributed by atoms with E-state index in [9.17, 15) is 4.79 Å². The minimum atomic E-state index is 0.135. The highest BCUT2D eigenvalue weighted by Gasteiger charge is 2.32. The van der Waals surface area contributed by atoms with E-state index in [1.54, 1.807) is 0 Å². The van der Waals surface area contributed by atoms with Crippen molar-refractivity contribution in [1.29, 1.82) is 0 Å². The maximum atomic E-state index is 12.3. The smallest absolute Gasteiger partial charge is 0.226 e. The number of piperidine rings is 2. The number of hydrogen-bond acceptors (Lipinski definition) is 5. The van der Waals surface area contributed by atoms with Crippen molar-refractivity contribution in [1.82, 2.24) is 20.4 Å². The molecule has 0 aliphatic carbocycles. The largest absolute Gasteiger partial charge is 0.356 e. The zero-order chi connectivity index (χ0) is 19.2. The minimum Gasteiger partial charge on any atom is -0.356 e. The molecule has 2 fully saturated rings. The highest BCUT2D eigenvalue weighted by molar-refractivity contribution is 5.75. The molecule has 2 atom stereocenters. The van der Waals surface area contributed by atoms with Gasteiger partial charge in [-0.05, 0) is 51.1 Å². The molecule has 4 rings (SSSR count). The van der Waals surface area contributed by atoms with Gasteiger partial charge >= 0.3 is 0 Å². The molecule has 2 aliphatic heterocycles. The topological polar surface area (TPSA) is 71.3 Å². The molecule has 2 aromatic rings. The van der Waals surface area contributed by atoms with Gasteiger partial charge in [0.1, 0.15) is 0 Å². The summed E-state index contributed by atoms with van der Waals surface area (Å²) in [5, 5.41) is 7.20. The molecule has 1 aromatic carbocycles. The zero-order valence-corrected chi connectivity index (χ0v) is 16.5. The van der Waals surface area contributed by atoms with Crippen LogP contribution in [0.3, 0.4) is 0 Å². The first-order valence-electron chi connectivity index (χ1n) is 10.7. The standard InChI is InChI=1S/C22H30N4O2/c27-20(23-16-18-10-7-15-26-14-5-4-11-19(18)26)12-6-13-21-24-22(25-28-21)17-8-2-1-3-9-17/h1-3,8-9,18-19H,4-7,10-16H2,(H,23,27)/t18-,19-/m1/s1. The lowest BCUT2D eigenvalue weighted by atomic mass is 9.83. The number of benzene rings is 1. The first kappa shape index (κ1) is 19.1. The van der Waals surface area contributed by atoms with E-state index < -0.39 is 0 Å². The first-order valence-corrected chi connectivity index (χ1v) is 10.7. The molecular formula is C22H30N4O2. The Hall–Kier alpha value is -2.21. The van der Waals surface area contributed by atoms with Crippen LogP contribution in [-0.4, -0.2) is 46.6 Å². The van der Waals surface area contributed by atoms with Crippen LogP contribution in [0.1, 0.15) is 50.8 Å². The van der Waals surface area contributed by atoms with Gasteiger partial charge in [0.2, 0.25) is 17.6 Å². The highest BCUT2D eigenvalue weighted by Crippen LogP contribution is 2.30. The minimum absolute atomic E-state index is 0.135. The lowest BCUT2D eigenvalue weighted by Crippen LogP contribution is -2.50. The van der Waals surface area contributed by atoms with Gasteiger partial charge in [0, 0.05) is 31.0 Å². The predicted molar refractivity (Wildman–Crippen MR) is 108 cm³/mol. The van der Waals surface area contributed by atoms with Gasteiger partial charge in [0.05, 0.1) is 0 Å². The monoisotopic (exact) mass is 382 g/mol. The van der Waals surface area contributed by atoms with Crippen LogP contribution >= 0.6 is 0 Å². The Morgan fingerprint density at radius 3 is 2.89 bits per heavy atom.